The van der Waals surface area contributed by atoms with Crippen LogP contribution in [-0.4, -0.2) is 29.1 Å². The van der Waals surface area contributed by atoms with E-state index in [0.29, 0.717) is 23.5 Å². The second kappa shape index (κ2) is 6.10. The molecule has 0 saturated heterocycles. The van der Waals surface area contributed by atoms with Gasteiger partial charge in [-0.15, -0.1) is 0 Å². The Morgan fingerprint density at radius 1 is 1.50 bits per heavy atom. The van der Waals surface area contributed by atoms with Crippen molar-refractivity contribution in [2.45, 2.75) is 6.42 Å². The number of rotatable bonds is 5. The van der Waals surface area contributed by atoms with E-state index in [4.69, 9.17) is 10.5 Å². The predicted octanol–water partition coefficient (Wildman–Crippen LogP) is 0.983. The normalized spacial score (nSPS) is 10.3. The van der Waals surface area contributed by atoms with E-state index in [2.05, 4.69) is 10.3 Å². The number of carbonyl (C=O) groups excluding carboxylic acids is 1. The molecule has 1 heterocycles. The summed E-state index contributed by atoms with van der Waals surface area (Å²) in [6.07, 6.45) is 4.26. The summed E-state index contributed by atoms with van der Waals surface area (Å²) in [5, 5.41) is 2.86. The molecule has 0 fully saturated rings. The summed E-state index contributed by atoms with van der Waals surface area (Å²) in [5.74, 6) is 0.356. The van der Waals surface area contributed by atoms with Gasteiger partial charge < -0.3 is 20.4 Å². The van der Waals surface area contributed by atoms with Gasteiger partial charge in [0, 0.05) is 37.5 Å². The highest BCUT2D eigenvalue weighted by Crippen LogP contribution is 2.21. The summed E-state index contributed by atoms with van der Waals surface area (Å²) >= 11 is 0. The van der Waals surface area contributed by atoms with E-state index in [-0.39, 0.29) is 5.91 Å². The zero-order valence-corrected chi connectivity index (χ0v) is 11.6. The number of nitrogens with two attached hydrogens (primary N) is 1. The molecule has 106 valence electrons. The Bertz CT molecular complexity index is 607. The van der Waals surface area contributed by atoms with Crippen molar-refractivity contribution in [3.05, 3.63) is 42.0 Å². The number of nitrogens with one attached hydrogen (secondary N) is 1. The molecule has 0 aliphatic heterocycles. The molecule has 1 aromatic carbocycles. The Balaban J connectivity index is 1.93. The van der Waals surface area contributed by atoms with Gasteiger partial charge >= 0.3 is 0 Å². The van der Waals surface area contributed by atoms with Crippen LogP contribution in [0.4, 0.5) is 5.69 Å². The summed E-state index contributed by atoms with van der Waals surface area (Å²) in [4.78, 5) is 16.0. The van der Waals surface area contributed by atoms with E-state index in [0.717, 1.165) is 12.1 Å². The van der Waals surface area contributed by atoms with Crippen molar-refractivity contribution in [2.75, 3.05) is 19.4 Å². The predicted molar refractivity (Wildman–Crippen MR) is 76.7 cm³/mol. The Morgan fingerprint density at radius 2 is 2.30 bits per heavy atom. The second-order valence-corrected chi connectivity index (χ2v) is 4.46. The molecule has 1 amide bonds. The lowest BCUT2D eigenvalue weighted by atomic mass is 10.1. The number of aryl methyl sites for hydroxylation is 1. The lowest BCUT2D eigenvalue weighted by Gasteiger charge is -2.08. The highest BCUT2D eigenvalue weighted by Gasteiger charge is 2.08. The standard InChI is InChI=1S/C14H18N4O2/c1-18-9-16-8-11(18)5-6-17-14(19)10-3-4-12(15)13(7-10)20-2/h3-4,7-9H,5-6,15H2,1-2H3,(H,17,19). The van der Waals surface area contributed by atoms with Crippen LogP contribution >= 0.6 is 0 Å². The zero-order valence-electron chi connectivity index (χ0n) is 11.6. The molecule has 6 nitrogen and oxygen atoms in total. The fourth-order valence-electron chi connectivity index (χ4n) is 1.88. The number of hydrogen-bond acceptors (Lipinski definition) is 4. The fourth-order valence-corrected chi connectivity index (χ4v) is 1.88. The lowest BCUT2D eigenvalue weighted by molar-refractivity contribution is 0.0953. The van der Waals surface area contributed by atoms with E-state index in [9.17, 15) is 4.79 Å². The SMILES string of the molecule is COc1cc(C(=O)NCCc2cncn2C)ccc1N. The van der Waals surface area contributed by atoms with Crippen molar-refractivity contribution in [3.8, 4) is 5.75 Å². The molecule has 0 unspecified atom stereocenters. The van der Waals surface area contributed by atoms with Crippen LogP contribution in [0.25, 0.3) is 0 Å². The van der Waals surface area contributed by atoms with E-state index in [1.165, 1.54) is 7.11 Å². The van der Waals surface area contributed by atoms with Crippen LogP contribution < -0.4 is 15.8 Å². The van der Waals surface area contributed by atoms with Crippen LogP contribution in [0.5, 0.6) is 5.75 Å². The molecule has 20 heavy (non-hydrogen) atoms. The lowest BCUT2D eigenvalue weighted by Crippen LogP contribution is -2.26. The molecular weight excluding hydrogens is 256 g/mol. The highest BCUT2D eigenvalue weighted by molar-refractivity contribution is 5.95. The number of aromatic nitrogens is 2. The van der Waals surface area contributed by atoms with Crippen molar-refractivity contribution >= 4 is 11.6 Å². The average molecular weight is 274 g/mol. The van der Waals surface area contributed by atoms with Gasteiger partial charge in [-0.25, -0.2) is 4.98 Å². The maximum Gasteiger partial charge on any atom is 0.251 e. The van der Waals surface area contributed by atoms with Crippen molar-refractivity contribution in [1.82, 2.24) is 14.9 Å². The molecule has 0 saturated carbocycles. The summed E-state index contributed by atoms with van der Waals surface area (Å²) in [6, 6.07) is 4.97. The van der Waals surface area contributed by atoms with Crippen molar-refractivity contribution < 1.29 is 9.53 Å². The number of ether oxygens (including phenoxy) is 1. The topological polar surface area (TPSA) is 82.2 Å². The number of benzene rings is 1. The van der Waals surface area contributed by atoms with E-state index in [1.807, 2.05) is 11.6 Å². The van der Waals surface area contributed by atoms with Crippen LogP contribution in [0.1, 0.15) is 16.1 Å². The molecule has 1 aromatic heterocycles. The van der Waals surface area contributed by atoms with Crippen molar-refractivity contribution in [3.63, 3.8) is 0 Å². The molecule has 0 bridgehead atoms. The van der Waals surface area contributed by atoms with Gasteiger partial charge in [0.15, 0.2) is 0 Å². The third-order valence-corrected chi connectivity index (χ3v) is 3.08. The average Bonchev–Trinajstić information content (AvgIpc) is 2.85. The van der Waals surface area contributed by atoms with Gasteiger partial charge in [-0.05, 0) is 18.2 Å². The summed E-state index contributed by atoms with van der Waals surface area (Å²) in [5.41, 5.74) is 7.83. The smallest absolute Gasteiger partial charge is 0.251 e. The monoisotopic (exact) mass is 274 g/mol. The fraction of sp³-hybridized carbons (Fsp3) is 0.286. The van der Waals surface area contributed by atoms with Crippen LogP contribution in [0, 0.1) is 0 Å². The molecule has 0 radical (unpaired) electrons. The number of imidazole rings is 1. The van der Waals surface area contributed by atoms with Gasteiger partial charge in [0.2, 0.25) is 0 Å². The zero-order chi connectivity index (χ0) is 14.5. The van der Waals surface area contributed by atoms with Crippen molar-refractivity contribution in [1.29, 1.82) is 0 Å². The largest absolute Gasteiger partial charge is 0.495 e. The molecule has 0 spiro atoms. The molecule has 6 heteroatoms. The van der Waals surface area contributed by atoms with Gasteiger partial charge in [0.1, 0.15) is 5.75 Å². The number of carbonyl (C=O) groups is 1. The van der Waals surface area contributed by atoms with E-state index in [1.54, 1.807) is 30.7 Å². The minimum Gasteiger partial charge on any atom is -0.495 e. The van der Waals surface area contributed by atoms with Gasteiger partial charge in [-0.2, -0.15) is 0 Å². The first-order chi connectivity index (χ1) is 9.61. The van der Waals surface area contributed by atoms with Gasteiger partial charge in [-0.3, -0.25) is 4.79 Å². The van der Waals surface area contributed by atoms with Gasteiger partial charge in [0.05, 0.1) is 19.1 Å². The Kier molecular flexibility index (Phi) is 4.24. The number of nitrogens with zero attached hydrogens (tertiary/aromatic N) is 2. The number of methoxy groups -OCH3 is 1. The molecular formula is C14H18N4O2. The van der Waals surface area contributed by atoms with E-state index >= 15 is 0 Å². The quantitative estimate of drug-likeness (QED) is 0.796. The number of nitrogen functional groups attached to an aromatic ring is 1. The minimum absolute atomic E-state index is 0.148. The maximum atomic E-state index is 12.0. The molecule has 0 aliphatic rings. The first-order valence-corrected chi connectivity index (χ1v) is 6.28. The van der Waals surface area contributed by atoms with Crippen LogP contribution in [0.3, 0.4) is 0 Å². The summed E-state index contributed by atoms with van der Waals surface area (Å²) in [7, 11) is 3.45. The number of anilines is 1. The Hall–Kier alpha value is -2.50. The van der Waals surface area contributed by atoms with Gasteiger partial charge in [-0.1, -0.05) is 0 Å². The van der Waals surface area contributed by atoms with E-state index < -0.39 is 0 Å². The molecule has 0 aliphatic carbocycles. The Morgan fingerprint density at radius 3 is 2.95 bits per heavy atom. The van der Waals surface area contributed by atoms with Crippen molar-refractivity contribution in [2.24, 2.45) is 7.05 Å². The first-order valence-electron chi connectivity index (χ1n) is 6.28. The maximum absolute atomic E-state index is 12.0. The summed E-state index contributed by atoms with van der Waals surface area (Å²) in [6.45, 7) is 0.547. The van der Waals surface area contributed by atoms with Crippen LogP contribution in [-0.2, 0) is 13.5 Å². The summed E-state index contributed by atoms with van der Waals surface area (Å²) < 4.78 is 7.03. The third-order valence-electron chi connectivity index (χ3n) is 3.08. The van der Waals surface area contributed by atoms with Crippen LogP contribution in [0.15, 0.2) is 30.7 Å². The number of hydrogen-bond donors (Lipinski definition) is 2. The third kappa shape index (κ3) is 3.09. The molecule has 3 N–H and O–H groups in total. The highest BCUT2D eigenvalue weighted by atomic mass is 16.5. The second-order valence-electron chi connectivity index (χ2n) is 4.46. The van der Waals surface area contributed by atoms with Crippen LogP contribution in [0.2, 0.25) is 0 Å². The minimum atomic E-state index is -0.148. The first kappa shape index (κ1) is 13.9. The van der Waals surface area contributed by atoms with Gasteiger partial charge in [0.25, 0.3) is 5.91 Å². The number of amides is 1. The molecule has 2 rings (SSSR count). The molecule has 0 atom stereocenters. The molecule has 2 aromatic rings. The Labute approximate surface area is 117 Å².